The first-order valence-electron chi connectivity index (χ1n) is 9.49. The number of carbonyl (C=O) groups is 3. The van der Waals surface area contributed by atoms with Gasteiger partial charge in [0, 0.05) is 5.56 Å². The van der Waals surface area contributed by atoms with Gasteiger partial charge in [0.25, 0.3) is 11.8 Å². The van der Waals surface area contributed by atoms with Gasteiger partial charge in [-0.3, -0.25) is 15.0 Å². The van der Waals surface area contributed by atoms with Gasteiger partial charge in [-0.25, -0.2) is 9.80 Å². The van der Waals surface area contributed by atoms with E-state index >= 15 is 0 Å². The third-order valence-corrected chi connectivity index (χ3v) is 4.69. The van der Waals surface area contributed by atoms with E-state index in [-0.39, 0.29) is 17.7 Å². The molecule has 1 saturated heterocycles. The van der Waals surface area contributed by atoms with E-state index in [0.717, 1.165) is 0 Å². The normalized spacial score (nSPS) is 14.6. The average Bonchev–Trinajstić information content (AvgIpc) is 3.07. The van der Waals surface area contributed by atoms with Crippen LogP contribution < -0.4 is 15.2 Å². The lowest BCUT2D eigenvalue weighted by Gasteiger charge is -2.14. The van der Waals surface area contributed by atoms with Crippen LogP contribution in [-0.4, -0.2) is 22.9 Å². The fourth-order valence-electron chi connectivity index (χ4n) is 3.16. The Hall–Kier alpha value is -4.39. The second kappa shape index (κ2) is 8.54. The fraction of sp³-hybridized carbons (Fsp3) is 0.0417. The van der Waals surface area contributed by atoms with Gasteiger partial charge in [-0.1, -0.05) is 48.5 Å². The molecular formula is C24H18N2O5. The highest BCUT2D eigenvalue weighted by atomic mass is 16.5. The topological polar surface area (TPSA) is 95.9 Å². The molecule has 154 valence electrons. The second-order valence-electron chi connectivity index (χ2n) is 6.81. The van der Waals surface area contributed by atoms with Crippen LogP contribution in [0.1, 0.15) is 21.5 Å². The molecule has 7 nitrogen and oxygen atoms in total. The number of ether oxygens (including phenoxy) is 1. The highest BCUT2D eigenvalue weighted by Gasteiger charge is 2.34. The Balaban J connectivity index is 1.57. The van der Waals surface area contributed by atoms with E-state index < -0.39 is 17.8 Å². The van der Waals surface area contributed by atoms with E-state index in [1.165, 1.54) is 23.2 Å². The molecule has 0 aromatic heterocycles. The van der Waals surface area contributed by atoms with Crippen molar-refractivity contribution in [2.75, 3.05) is 5.01 Å². The highest BCUT2D eigenvalue weighted by molar-refractivity contribution is 6.31. The minimum Gasteiger partial charge on any atom is -0.488 e. The zero-order valence-corrected chi connectivity index (χ0v) is 16.3. The van der Waals surface area contributed by atoms with Crippen molar-refractivity contribution in [3.05, 3.63) is 101 Å². The lowest BCUT2D eigenvalue weighted by molar-refractivity contribution is -0.117. The molecule has 1 aliphatic rings. The van der Waals surface area contributed by atoms with Crippen LogP contribution in [0.2, 0.25) is 0 Å². The van der Waals surface area contributed by atoms with E-state index in [1.54, 1.807) is 60.7 Å². The average molecular weight is 414 g/mol. The number of nitrogens with one attached hydrogen (secondary N) is 1. The summed E-state index contributed by atoms with van der Waals surface area (Å²) >= 11 is 0. The smallest absolute Gasteiger partial charge is 0.335 e. The number of amides is 2. The number of hydrogen-bond acceptors (Lipinski definition) is 4. The number of nitrogens with zero attached hydrogens (tertiary/aromatic N) is 1. The Morgan fingerprint density at radius 2 is 1.71 bits per heavy atom. The standard InChI is InChI=1S/C24H18N2O5/c27-22-20(23(28)26(25-22)19-10-2-1-3-11-19)14-17-8-4-5-12-21(17)31-15-16-7-6-9-18(13-16)24(29)30/h1-14H,15H2,(H,25,27)(H,29,30)/b20-14-. The van der Waals surface area contributed by atoms with Gasteiger partial charge >= 0.3 is 5.97 Å². The predicted octanol–water partition coefficient (Wildman–Crippen LogP) is 3.43. The van der Waals surface area contributed by atoms with Gasteiger partial charge in [0.2, 0.25) is 0 Å². The van der Waals surface area contributed by atoms with Crippen LogP contribution in [-0.2, 0) is 16.2 Å². The van der Waals surface area contributed by atoms with Gasteiger partial charge in [0.05, 0.1) is 11.3 Å². The molecule has 4 rings (SSSR count). The minimum absolute atomic E-state index is 0.00669. The summed E-state index contributed by atoms with van der Waals surface area (Å²) < 4.78 is 5.86. The lowest BCUT2D eigenvalue weighted by Crippen LogP contribution is -2.35. The van der Waals surface area contributed by atoms with Crippen LogP contribution >= 0.6 is 0 Å². The molecule has 1 aliphatic heterocycles. The Labute approximate surface area is 178 Å². The van der Waals surface area contributed by atoms with Gasteiger partial charge in [-0.2, -0.15) is 0 Å². The maximum absolute atomic E-state index is 12.8. The molecule has 1 heterocycles. The summed E-state index contributed by atoms with van der Waals surface area (Å²) in [5, 5.41) is 10.3. The van der Waals surface area contributed by atoms with Crippen molar-refractivity contribution >= 4 is 29.5 Å². The first-order chi connectivity index (χ1) is 15.0. The third-order valence-electron chi connectivity index (χ3n) is 4.69. The first kappa shape index (κ1) is 19.9. The largest absolute Gasteiger partial charge is 0.488 e. The Morgan fingerprint density at radius 1 is 0.968 bits per heavy atom. The van der Waals surface area contributed by atoms with Gasteiger partial charge in [-0.15, -0.1) is 0 Å². The molecule has 0 bridgehead atoms. The van der Waals surface area contributed by atoms with Crippen molar-refractivity contribution < 1.29 is 24.2 Å². The van der Waals surface area contributed by atoms with E-state index in [9.17, 15) is 14.4 Å². The molecule has 0 atom stereocenters. The number of anilines is 1. The van der Waals surface area contributed by atoms with Crippen molar-refractivity contribution in [1.82, 2.24) is 5.43 Å². The van der Waals surface area contributed by atoms with Gasteiger partial charge in [0.1, 0.15) is 17.9 Å². The zero-order valence-electron chi connectivity index (χ0n) is 16.3. The molecule has 0 aliphatic carbocycles. The van der Waals surface area contributed by atoms with Crippen molar-refractivity contribution in [1.29, 1.82) is 0 Å². The number of rotatable bonds is 6. The van der Waals surface area contributed by atoms with Gasteiger partial charge < -0.3 is 9.84 Å². The molecule has 0 radical (unpaired) electrons. The molecule has 3 aromatic carbocycles. The van der Waals surface area contributed by atoms with Crippen LogP contribution in [0, 0.1) is 0 Å². The molecule has 2 N–H and O–H groups in total. The van der Waals surface area contributed by atoms with E-state index in [4.69, 9.17) is 9.84 Å². The van der Waals surface area contributed by atoms with Crippen LogP contribution in [0.25, 0.3) is 6.08 Å². The van der Waals surface area contributed by atoms with Crippen LogP contribution in [0.15, 0.2) is 84.4 Å². The second-order valence-corrected chi connectivity index (χ2v) is 6.81. The summed E-state index contributed by atoms with van der Waals surface area (Å²) in [7, 11) is 0. The molecular weight excluding hydrogens is 396 g/mol. The summed E-state index contributed by atoms with van der Waals surface area (Å²) in [5.74, 6) is -1.51. The molecule has 0 unspecified atom stereocenters. The SMILES string of the molecule is O=C1NN(c2ccccc2)C(=O)/C1=C\c1ccccc1OCc1cccc(C(=O)O)c1. The Bertz CT molecular complexity index is 1190. The number of benzene rings is 3. The van der Waals surface area contributed by atoms with Gasteiger partial charge in [0.15, 0.2) is 0 Å². The quantitative estimate of drug-likeness (QED) is 0.476. The van der Waals surface area contributed by atoms with Crippen molar-refractivity contribution in [3.8, 4) is 5.75 Å². The Kier molecular flexibility index (Phi) is 5.49. The predicted molar refractivity (Wildman–Crippen MR) is 114 cm³/mol. The number of carboxylic acids is 1. The van der Waals surface area contributed by atoms with Crippen LogP contribution in [0.3, 0.4) is 0 Å². The third kappa shape index (κ3) is 4.30. The maximum Gasteiger partial charge on any atom is 0.335 e. The van der Waals surface area contributed by atoms with E-state index in [0.29, 0.717) is 22.6 Å². The summed E-state index contributed by atoms with van der Waals surface area (Å²) in [6, 6.07) is 22.3. The highest BCUT2D eigenvalue weighted by Crippen LogP contribution is 2.26. The maximum atomic E-state index is 12.8. The molecule has 2 amide bonds. The van der Waals surface area contributed by atoms with Crippen LogP contribution in [0.5, 0.6) is 5.75 Å². The molecule has 3 aromatic rings. The van der Waals surface area contributed by atoms with E-state index in [1.807, 2.05) is 6.07 Å². The van der Waals surface area contributed by atoms with E-state index in [2.05, 4.69) is 5.43 Å². The molecule has 0 saturated carbocycles. The number of carboxylic acid groups (broad SMARTS) is 1. The lowest BCUT2D eigenvalue weighted by atomic mass is 10.1. The molecule has 1 fully saturated rings. The summed E-state index contributed by atoms with van der Waals surface area (Å²) in [5.41, 5.74) is 4.54. The Morgan fingerprint density at radius 3 is 2.48 bits per heavy atom. The van der Waals surface area contributed by atoms with Crippen molar-refractivity contribution in [2.24, 2.45) is 0 Å². The fourth-order valence-corrected chi connectivity index (χ4v) is 3.16. The number of aromatic carboxylic acids is 1. The molecule has 31 heavy (non-hydrogen) atoms. The zero-order chi connectivity index (χ0) is 21.8. The number of carbonyl (C=O) groups excluding carboxylic acids is 2. The molecule has 7 heteroatoms. The van der Waals surface area contributed by atoms with Crippen molar-refractivity contribution in [3.63, 3.8) is 0 Å². The van der Waals surface area contributed by atoms with Gasteiger partial charge in [-0.05, 0) is 42.0 Å². The summed E-state index contributed by atoms with van der Waals surface area (Å²) in [6.07, 6.45) is 1.49. The first-order valence-corrected chi connectivity index (χ1v) is 9.49. The molecule has 0 spiro atoms. The summed E-state index contributed by atoms with van der Waals surface area (Å²) in [4.78, 5) is 36.4. The van der Waals surface area contributed by atoms with Crippen LogP contribution in [0.4, 0.5) is 5.69 Å². The minimum atomic E-state index is -1.01. The van der Waals surface area contributed by atoms with Crippen molar-refractivity contribution in [2.45, 2.75) is 6.61 Å². The summed E-state index contributed by atoms with van der Waals surface area (Å²) in [6.45, 7) is 0.136. The number of para-hydroxylation sites is 2. The number of hydrazine groups is 1. The number of hydrogen-bond donors (Lipinski definition) is 2. The monoisotopic (exact) mass is 414 g/mol.